The smallest absolute Gasteiger partial charge is 0.226 e. The summed E-state index contributed by atoms with van der Waals surface area (Å²) in [4.78, 5) is 21.4. The minimum absolute atomic E-state index is 0.250. The van der Waals surface area contributed by atoms with E-state index in [4.69, 9.17) is 0 Å². The number of amides is 1. The highest BCUT2D eigenvalue weighted by Crippen LogP contribution is 2.59. The standard InChI is InChI=1S/C13H20N4O/c1-17(9-11-15-6-7-16-11)12(18)10-8-13(10)2-4-14-5-3-13/h6-7,10,14H,2-5,8-9H2,1H3,(H,15,16). The summed E-state index contributed by atoms with van der Waals surface area (Å²) in [6.07, 6.45) is 6.89. The Kier molecular flexibility index (Phi) is 2.86. The van der Waals surface area contributed by atoms with Gasteiger partial charge in [-0.15, -0.1) is 0 Å². The van der Waals surface area contributed by atoms with Crippen molar-refractivity contribution in [1.29, 1.82) is 0 Å². The Morgan fingerprint density at radius 1 is 1.56 bits per heavy atom. The van der Waals surface area contributed by atoms with Gasteiger partial charge in [0.25, 0.3) is 0 Å². The molecule has 1 aliphatic carbocycles. The van der Waals surface area contributed by atoms with E-state index >= 15 is 0 Å². The summed E-state index contributed by atoms with van der Waals surface area (Å²) in [6.45, 7) is 2.70. The number of hydrogen-bond donors (Lipinski definition) is 2. The molecule has 0 bridgehead atoms. The highest BCUT2D eigenvalue weighted by atomic mass is 16.2. The van der Waals surface area contributed by atoms with Crippen LogP contribution in [0, 0.1) is 11.3 Å². The van der Waals surface area contributed by atoms with Gasteiger partial charge in [0.2, 0.25) is 5.91 Å². The number of hydrogen-bond acceptors (Lipinski definition) is 3. The minimum Gasteiger partial charge on any atom is -0.347 e. The molecule has 1 aromatic rings. The number of imidazole rings is 1. The predicted molar refractivity (Wildman–Crippen MR) is 67.7 cm³/mol. The number of piperidine rings is 1. The van der Waals surface area contributed by atoms with Gasteiger partial charge in [-0.1, -0.05) is 0 Å². The number of aromatic amines is 1. The van der Waals surface area contributed by atoms with Gasteiger partial charge in [-0.3, -0.25) is 4.79 Å². The second-order valence-electron chi connectivity index (χ2n) is 5.60. The molecule has 1 atom stereocenters. The number of carbonyl (C=O) groups is 1. The minimum atomic E-state index is 0.250. The van der Waals surface area contributed by atoms with E-state index in [1.165, 1.54) is 0 Å². The number of aromatic nitrogens is 2. The number of nitrogens with one attached hydrogen (secondary N) is 2. The van der Waals surface area contributed by atoms with Gasteiger partial charge < -0.3 is 15.2 Å². The third kappa shape index (κ3) is 2.03. The summed E-state index contributed by atoms with van der Waals surface area (Å²) in [5.41, 5.74) is 0.319. The van der Waals surface area contributed by atoms with E-state index in [0.717, 1.165) is 38.2 Å². The largest absolute Gasteiger partial charge is 0.347 e. The monoisotopic (exact) mass is 248 g/mol. The fourth-order valence-corrected chi connectivity index (χ4v) is 3.13. The maximum absolute atomic E-state index is 12.4. The van der Waals surface area contributed by atoms with Crippen LogP contribution in [0.5, 0.6) is 0 Å². The molecule has 2 N–H and O–H groups in total. The van der Waals surface area contributed by atoms with E-state index in [-0.39, 0.29) is 11.8 Å². The van der Waals surface area contributed by atoms with E-state index in [9.17, 15) is 4.79 Å². The summed E-state index contributed by atoms with van der Waals surface area (Å²) in [5.74, 6) is 1.39. The first-order valence-corrected chi connectivity index (χ1v) is 6.65. The molecule has 3 rings (SSSR count). The Hall–Kier alpha value is -1.36. The van der Waals surface area contributed by atoms with Crippen LogP contribution in [0.1, 0.15) is 25.1 Å². The first kappa shape index (κ1) is 11.7. The van der Waals surface area contributed by atoms with Crippen molar-refractivity contribution < 1.29 is 4.79 Å². The fourth-order valence-electron chi connectivity index (χ4n) is 3.13. The van der Waals surface area contributed by atoms with Gasteiger partial charge in [0.15, 0.2) is 0 Å². The van der Waals surface area contributed by atoms with Crippen LogP contribution in [0.2, 0.25) is 0 Å². The molecule has 2 aliphatic rings. The molecular formula is C13H20N4O. The molecule has 5 heteroatoms. The average molecular weight is 248 g/mol. The quantitative estimate of drug-likeness (QED) is 0.830. The predicted octanol–water partition coefficient (Wildman–Crippen LogP) is 0.758. The van der Waals surface area contributed by atoms with E-state index in [1.807, 2.05) is 7.05 Å². The summed E-state index contributed by atoms with van der Waals surface area (Å²) in [5, 5.41) is 3.37. The molecular weight excluding hydrogens is 228 g/mol. The van der Waals surface area contributed by atoms with Crippen molar-refractivity contribution in [3.05, 3.63) is 18.2 Å². The third-order valence-electron chi connectivity index (χ3n) is 4.41. The first-order valence-electron chi connectivity index (χ1n) is 6.65. The average Bonchev–Trinajstić information content (AvgIpc) is 2.84. The molecule has 2 heterocycles. The zero-order valence-electron chi connectivity index (χ0n) is 10.8. The second-order valence-corrected chi connectivity index (χ2v) is 5.60. The maximum atomic E-state index is 12.4. The van der Waals surface area contributed by atoms with E-state index in [1.54, 1.807) is 17.3 Å². The van der Waals surface area contributed by atoms with Crippen LogP contribution in [0.25, 0.3) is 0 Å². The molecule has 18 heavy (non-hydrogen) atoms. The number of nitrogens with zero attached hydrogens (tertiary/aromatic N) is 2. The van der Waals surface area contributed by atoms with Crippen molar-refractivity contribution in [1.82, 2.24) is 20.2 Å². The van der Waals surface area contributed by atoms with Gasteiger partial charge >= 0.3 is 0 Å². The van der Waals surface area contributed by atoms with Gasteiger partial charge in [-0.05, 0) is 37.8 Å². The zero-order valence-corrected chi connectivity index (χ0v) is 10.8. The van der Waals surface area contributed by atoms with E-state index in [2.05, 4.69) is 15.3 Å². The van der Waals surface area contributed by atoms with Gasteiger partial charge in [-0.2, -0.15) is 0 Å². The van der Waals surface area contributed by atoms with E-state index in [0.29, 0.717) is 12.0 Å². The fraction of sp³-hybridized carbons (Fsp3) is 0.692. The van der Waals surface area contributed by atoms with Crippen LogP contribution in [0.4, 0.5) is 0 Å². The van der Waals surface area contributed by atoms with Crippen molar-refractivity contribution in [2.24, 2.45) is 11.3 Å². The van der Waals surface area contributed by atoms with Crippen molar-refractivity contribution in [2.75, 3.05) is 20.1 Å². The van der Waals surface area contributed by atoms with Crippen LogP contribution >= 0.6 is 0 Å². The molecule has 5 nitrogen and oxygen atoms in total. The summed E-state index contributed by atoms with van der Waals surface area (Å²) < 4.78 is 0. The lowest BCUT2D eigenvalue weighted by Gasteiger charge is -2.24. The van der Waals surface area contributed by atoms with Crippen LogP contribution in [-0.2, 0) is 11.3 Å². The summed E-state index contributed by atoms with van der Waals surface area (Å²) in [6, 6.07) is 0. The first-order chi connectivity index (χ1) is 8.71. The number of carbonyl (C=O) groups excluding carboxylic acids is 1. The Labute approximate surface area is 107 Å². The molecule has 1 unspecified atom stereocenters. The Morgan fingerprint density at radius 2 is 2.33 bits per heavy atom. The second kappa shape index (κ2) is 4.39. The SMILES string of the molecule is CN(Cc1ncc[nH]1)C(=O)C1CC12CCNCC2. The van der Waals surface area contributed by atoms with Crippen LogP contribution in [0.3, 0.4) is 0 Å². The molecule has 1 aromatic heterocycles. The number of rotatable bonds is 3. The lowest BCUT2D eigenvalue weighted by Crippen LogP contribution is -2.34. The third-order valence-corrected chi connectivity index (χ3v) is 4.41. The molecule has 98 valence electrons. The van der Waals surface area contributed by atoms with Crippen LogP contribution in [-0.4, -0.2) is 40.9 Å². The molecule has 1 amide bonds. The van der Waals surface area contributed by atoms with Crippen molar-refractivity contribution in [3.8, 4) is 0 Å². The van der Waals surface area contributed by atoms with Gasteiger partial charge in [0.1, 0.15) is 5.82 Å². The molecule has 2 fully saturated rings. The molecule has 1 spiro atoms. The van der Waals surface area contributed by atoms with Gasteiger partial charge in [0.05, 0.1) is 6.54 Å². The summed E-state index contributed by atoms with van der Waals surface area (Å²) in [7, 11) is 1.87. The lowest BCUT2D eigenvalue weighted by molar-refractivity contribution is -0.132. The highest BCUT2D eigenvalue weighted by Gasteiger charge is 2.58. The topological polar surface area (TPSA) is 61.0 Å². The highest BCUT2D eigenvalue weighted by molar-refractivity contribution is 5.82. The molecule has 1 saturated heterocycles. The molecule has 0 aromatic carbocycles. The van der Waals surface area contributed by atoms with Crippen LogP contribution < -0.4 is 5.32 Å². The van der Waals surface area contributed by atoms with Crippen molar-refractivity contribution >= 4 is 5.91 Å². The Morgan fingerprint density at radius 3 is 3.00 bits per heavy atom. The van der Waals surface area contributed by atoms with Crippen molar-refractivity contribution in [2.45, 2.75) is 25.8 Å². The Bertz CT molecular complexity index is 422. The van der Waals surface area contributed by atoms with Gasteiger partial charge in [-0.25, -0.2) is 4.98 Å². The van der Waals surface area contributed by atoms with Crippen molar-refractivity contribution in [3.63, 3.8) is 0 Å². The molecule has 1 saturated carbocycles. The Balaban J connectivity index is 1.58. The van der Waals surface area contributed by atoms with Gasteiger partial charge in [0, 0.05) is 25.4 Å². The lowest BCUT2D eigenvalue weighted by atomic mass is 9.91. The molecule has 1 aliphatic heterocycles. The summed E-state index contributed by atoms with van der Waals surface area (Å²) >= 11 is 0. The zero-order chi connectivity index (χ0) is 12.6. The molecule has 0 radical (unpaired) electrons. The normalized spacial score (nSPS) is 25.1. The van der Waals surface area contributed by atoms with E-state index < -0.39 is 0 Å². The maximum Gasteiger partial charge on any atom is 0.226 e. The number of H-pyrrole nitrogens is 1. The van der Waals surface area contributed by atoms with Crippen LogP contribution in [0.15, 0.2) is 12.4 Å².